The molecule has 7 nitrogen and oxygen atoms in total. The van der Waals surface area contributed by atoms with Gasteiger partial charge in [-0.25, -0.2) is 19.3 Å². The number of imidazole rings is 1. The molecule has 0 saturated heterocycles. The van der Waals surface area contributed by atoms with E-state index in [0.717, 1.165) is 31.5 Å². The van der Waals surface area contributed by atoms with Gasteiger partial charge < -0.3 is 15.0 Å². The van der Waals surface area contributed by atoms with Crippen molar-refractivity contribution in [2.45, 2.75) is 25.7 Å². The summed E-state index contributed by atoms with van der Waals surface area (Å²) in [6.07, 6.45) is 7.36. The van der Waals surface area contributed by atoms with Crippen LogP contribution in [0.25, 0.3) is 22.3 Å². The predicted octanol–water partition coefficient (Wildman–Crippen LogP) is 4.31. The lowest BCUT2D eigenvalue weighted by Crippen LogP contribution is -2.24. The number of fused-ring (bicyclic) bond motifs is 1. The molecule has 1 fully saturated rings. The maximum Gasteiger partial charge on any atom is 0.251 e. The number of carbonyl (C=O) groups excluding carboxylic acids is 1. The van der Waals surface area contributed by atoms with E-state index < -0.39 is 0 Å². The molecule has 2 heterocycles. The van der Waals surface area contributed by atoms with Crippen LogP contribution in [0.4, 0.5) is 4.39 Å². The SMILES string of the molecule is O=C(NCCCc1ncc[nH]1)c1ccc2nc(OCC3CC3)c(-c3ccc(F)cc3)nc2c1. The number of rotatable bonds is 9. The number of H-pyrrole nitrogens is 1. The fourth-order valence-electron chi connectivity index (χ4n) is 3.55. The lowest BCUT2D eigenvalue weighted by Gasteiger charge is -2.12. The van der Waals surface area contributed by atoms with E-state index in [0.29, 0.717) is 52.8 Å². The molecule has 2 aromatic heterocycles. The van der Waals surface area contributed by atoms with E-state index in [1.165, 1.54) is 12.1 Å². The second-order valence-electron chi connectivity index (χ2n) is 8.24. The van der Waals surface area contributed by atoms with Crippen molar-refractivity contribution in [2.24, 2.45) is 5.92 Å². The average Bonchev–Trinajstić information content (AvgIpc) is 3.52. The number of aromatic amines is 1. The molecule has 4 aromatic rings. The molecule has 1 amide bonds. The third-order valence-electron chi connectivity index (χ3n) is 5.60. The number of aryl methyl sites for hydroxylation is 1. The molecule has 0 atom stereocenters. The van der Waals surface area contributed by atoms with Crippen LogP contribution in [0, 0.1) is 11.7 Å². The van der Waals surface area contributed by atoms with Gasteiger partial charge in [-0.05, 0) is 67.6 Å². The first kappa shape index (κ1) is 21.1. The molecular weight excluding hydrogens is 421 g/mol. The zero-order chi connectivity index (χ0) is 22.6. The largest absolute Gasteiger partial charge is 0.476 e. The number of ether oxygens (including phenoxy) is 1. The van der Waals surface area contributed by atoms with Gasteiger partial charge in [0.05, 0.1) is 17.6 Å². The Balaban J connectivity index is 1.36. The zero-order valence-electron chi connectivity index (χ0n) is 18.1. The summed E-state index contributed by atoms with van der Waals surface area (Å²) in [5.41, 5.74) is 2.98. The molecule has 2 N–H and O–H groups in total. The first-order valence-corrected chi connectivity index (χ1v) is 11.1. The number of nitrogens with one attached hydrogen (secondary N) is 2. The summed E-state index contributed by atoms with van der Waals surface area (Å²) < 4.78 is 19.4. The van der Waals surface area contributed by atoms with Gasteiger partial charge in [-0.1, -0.05) is 0 Å². The Bertz CT molecular complexity index is 1250. The van der Waals surface area contributed by atoms with Crippen molar-refractivity contribution in [1.82, 2.24) is 25.3 Å². The summed E-state index contributed by atoms with van der Waals surface area (Å²) in [7, 11) is 0. The highest BCUT2D eigenvalue weighted by molar-refractivity contribution is 5.97. The van der Waals surface area contributed by atoms with Crippen molar-refractivity contribution in [2.75, 3.05) is 13.2 Å². The van der Waals surface area contributed by atoms with E-state index >= 15 is 0 Å². The molecule has 0 bridgehead atoms. The number of halogens is 1. The molecule has 33 heavy (non-hydrogen) atoms. The van der Waals surface area contributed by atoms with Crippen LogP contribution in [0.2, 0.25) is 0 Å². The minimum absolute atomic E-state index is 0.171. The van der Waals surface area contributed by atoms with E-state index in [1.807, 2.05) is 0 Å². The Kier molecular flexibility index (Phi) is 5.97. The Morgan fingerprint density at radius 3 is 2.73 bits per heavy atom. The van der Waals surface area contributed by atoms with Crippen molar-refractivity contribution in [3.05, 3.63) is 72.1 Å². The van der Waals surface area contributed by atoms with Crippen molar-refractivity contribution >= 4 is 16.9 Å². The zero-order valence-corrected chi connectivity index (χ0v) is 18.1. The molecule has 1 saturated carbocycles. The maximum absolute atomic E-state index is 13.5. The molecule has 0 spiro atoms. The quantitative estimate of drug-likeness (QED) is 0.375. The van der Waals surface area contributed by atoms with E-state index in [2.05, 4.69) is 20.3 Å². The summed E-state index contributed by atoms with van der Waals surface area (Å²) in [5.74, 6) is 1.39. The molecule has 0 aliphatic heterocycles. The van der Waals surface area contributed by atoms with Crippen LogP contribution >= 0.6 is 0 Å². The summed E-state index contributed by atoms with van der Waals surface area (Å²) in [6.45, 7) is 1.13. The average molecular weight is 445 g/mol. The monoisotopic (exact) mass is 445 g/mol. The number of amides is 1. The maximum atomic E-state index is 13.5. The van der Waals surface area contributed by atoms with Gasteiger partial charge >= 0.3 is 0 Å². The van der Waals surface area contributed by atoms with Gasteiger partial charge in [-0.3, -0.25) is 4.79 Å². The van der Waals surface area contributed by atoms with Crippen molar-refractivity contribution < 1.29 is 13.9 Å². The van der Waals surface area contributed by atoms with Crippen molar-refractivity contribution in [3.63, 3.8) is 0 Å². The van der Waals surface area contributed by atoms with Gasteiger partial charge in [0, 0.05) is 36.5 Å². The van der Waals surface area contributed by atoms with Gasteiger partial charge in [0.25, 0.3) is 5.91 Å². The van der Waals surface area contributed by atoms with Crippen LogP contribution in [-0.4, -0.2) is 39.0 Å². The Morgan fingerprint density at radius 2 is 1.97 bits per heavy atom. The second kappa shape index (κ2) is 9.36. The minimum atomic E-state index is -0.320. The molecule has 8 heteroatoms. The molecule has 0 unspecified atom stereocenters. The summed E-state index contributed by atoms with van der Waals surface area (Å²) in [5, 5.41) is 2.93. The van der Waals surface area contributed by atoms with Crippen LogP contribution in [0.15, 0.2) is 54.9 Å². The van der Waals surface area contributed by atoms with Crippen molar-refractivity contribution in [3.8, 4) is 17.1 Å². The summed E-state index contributed by atoms with van der Waals surface area (Å²) in [6, 6.07) is 11.3. The number of hydrogen-bond donors (Lipinski definition) is 2. The summed E-state index contributed by atoms with van der Waals surface area (Å²) >= 11 is 0. The molecule has 168 valence electrons. The first-order valence-electron chi connectivity index (χ1n) is 11.1. The lowest BCUT2D eigenvalue weighted by atomic mass is 10.1. The third-order valence-corrected chi connectivity index (χ3v) is 5.60. The lowest BCUT2D eigenvalue weighted by molar-refractivity contribution is 0.0953. The Morgan fingerprint density at radius 1 is 1.12 bits per heavy atom. The standard InChI is InChI=1S/C25H24FN5O2/c26-19-8-5-17(6-9-19)23-25(33-15-16-3-4-16)31-20-10-7-18(14-21(20)30-23)24(32)29-11-1-2-22-27-12-13-28-22/h5-10,12-14,16H,1-4,11,15H2,(H,27,28)(H,29,32). The highest BCUT2D eigenvalue weighted by atomic mass is 19.1. The number of nitrogens with zero attached hydrogens (tertiary/aromatic N) is 3. The van der Waals surface area contributed by atoms with E-state index in [9.17, 15) is 9.18 Å². The fourth-order valence-corrected chi connectivity index (χ4v) is 3.55. The first-order chi connectivity index (χ1) is 16.2. The normalized spacial score (nSPS) is 13.2. The number of benzene rings is 2. The number of carbonyl (C=O) groups is 1. The van der Waals surface area contributed by atoms with E-state index in [-0.39, 0.29) is 11.7 Å². The molecule has 5 rings (SSSR count). The smallest absolute Gasteiger partial charge is 0.251 e. The predicted molar refractivity (Wildman–Crippen MR) is 122 cm³/mol. The Hall–Kier alpha value is -3.81. The van der Waals surface area contributed by atoms with Gasteiger partial charge in [-0.15, -0.1) is 0 Å². The third kappa shape index (κ3) is 5.16. The van der Waals surface area contributed by atoms with Crippen LogP contribution in [-0.2, 0) is 6.42 Å². The second-order valence-corrected chi connectivity index (χ2v) is 8.24. The van der Waals surface area contributed by atoms with Gasteiger partial charge in [0.2, 0.25) is 5.88 Å². The molecular formula is C25H24FN5O2. The molecule has 1 aliphatic carbocycles. The van der Waals surface area contributed by atoms with Crippen LogP contribution in [0.5, 0.6) is 5.88 Å². The fraction of sp³-hybridized carbons (Fsp3) is 0.280. The topological polar surface area (TPSA) is 92.8 Å². The van der Waals surface area contributed by atoms with Gasteiger partial charge in [-0.2, -0.15) is 0 Å². The molecule has 2 aromatic carbocycles. The van der Waals surface area contributed by atoms with Crippen LogP contribution in [0.3, 0.4) is 0 Å². The molecule has 0 radical (unpaired) electrons. The van der Waals surface area contributed by atoms with Crippen LogP contribution in [0.1, 0.15) is 35.4 Å². The van der Waals surface area contributed by atoms with E-state index in [4.69, 9.17) is 9.72 Å². The van der Waals surface area contributed by atoms with Crippen molar-refractivity contribution in [1.29, 1.82) is 0 Å². The van der Waals surface area contributed by atoms with Gasteiger partial charge in [0.15, 0.2) is 0 Å². The highest BCUT2D eigenvalue weighted by Crippen LogP contribution is 2.33. The van der Waals surface area contributed by atoms with Crippen LogP contribution < -0.4 is 10.1 Å². The minimum Gasteiger partial charge on any atom is -0.476 e. The van der Waals surface area contributed by atoms with E-state index in [1.54, 1.807) is 42.7 Å². The summed E-state index contributed by atoms with van der Waals surface area (Å²) in [4.78, 5) is 29.3. The highest BCUT2D eigenvalue weighted by Gasteiger charge is 2.23. The Labute approximate surface area is 190 Å². The number of aromatic nitrogens is 4. The van der Waals surface area contributed by atoms with Gasteiger partial charge in [0.1, 0.15) is 17.3 Å². The molecule has 1 aliphatic rings. The number of hydrogen-bond acceptors (Lipinski definition) is 5.